The van der Waals surface area contributed by atoms with E-state index in [2.05, 4.69) is 19.2 Å². The molecule has 0 aliphatic heterocycles. The Kier molecular flexibility index (Phi) is 26.0. The van der Waals surface area contributed by atoms with Gasteiger partial charge in [-0.15, -0.1) is 0 Å². The Labute approximate surface area is 245 Å². The molecule has 234 valence electrons. The van der Waals surface area contributed by atoms with Gasteiger partial charge in [0.15, 0.2) is 0 Å². The fraction of sp³-hybridized carbons (Fsp3) is 0.848. The topological polar surface area (TPSA) is 115 Å². The molecule has 0 amide bonds. The highest BCUT2D eigenvalue weighted by Crippen LogP contribution is 2.19. The zero-order valence-corrected chi connectivity index (χ0v) is 25.7. The van der Waals surface area contributed by atoms with Gasteiger partial charge in [0.2, 0.25) is 0 Å². The molecule has 0 aromatic heterocycles. The second kappa shape index (κ2) is 27.3. The Morgan fingerprint density at radius 2 is 0.925 bits per heavy atom. The van der Waals surface area contributed by atoms with Crippen LogP contribution in [0.4, 0.5) is 0 Å². The third-order valence-electron chi connectivity index (χ3n) is 7.87. The van der Waals surface area contributed by atoms with Crippen LogP contribution >= 0.6 is 0 Å². The summed E-state index contributed by atoms with van der Waals surface area (Å²) in [5, 5.41) is 28.9. The monoisotopic (exact) mass is 567 g/mol. The standard InChI is InChI=1S/C33H61NO6/c1-2-3-4-5-6-7-8-9-10-11-12-13-14-15-16-20-27-34(28-21-17-24-31(35)36,29-22-18-25-32(37)38)30-23-19-26-33(39)40/h20,27H,2-19,21-26,28-30H2,1H3,(H2-,35,36,37,38,39,40)/b27-20+. The molecular weight excluding hydrogens is 506 g/mol. The molecule has 7 nitrogen and oxygen atoms in total. The van der Waals surface area contributed by atoms with Gasteiger partial charge in [0.1, 0.15) is 0 Å². The molecule has 0 saturated carbocycles. The number of hydrogen-bond acceptors (Lipinski definition) is 4. The first kappa shape index (κ1) is 38.1. The maximum absolute atomic E-state index is 11.0. The molecule has 0 aromatic rings. The molecule has 0 bridgehead atoms. The van der Waals surface area contributed by atoms with E-state index in [9.17, 15) is 19.5 Å². The number of quaternary nitrogens is 1. The predicted molar refractivity (Wildman–Crippen MR) is 161 cm³/mol. The van der Waals surface area contributed by atoms with Crippen molar-refractivity contribution in [3.05, 3.63) is 12.3 Å². The smallest absolute Gasteiger partial charge is 0.303 e. The molecule has 7 heteroatoms. The van der Waals surface area contributed by atoms with Crippen LogP contribution in [0, 0.1) is 0 Å². The number of carbonyl (C=O) groups excluding carboxylic acids is 1. The van der Waals surface area contributed by atoms with Crippen LogP contribution in [0.1, 0.15) is 161 Å². The first-order chi connectivity index (χ1) is 19.3. The molecule has 0 spiro atoms. The average Bonchev–Trinajstić information content (AvgIpc) is 2.91. The number of allylic oxidation sites excluding steroid dienone is 1. The van der Waals surface area contributed by atoms with Crippen LogP contribution in [-0.4, -0.2) is 52.2 Å². The van der Waals surface area contributed by atoms with Crippen LogP contribution in [-0.2, 0) is 14.4 Å². The van der Waals surface area contributed by atoms with Crippen molar-refractivity contribution < 1.29 is 34.2 Å². The van der Waals surface area contributed by atoms with Gasteiger partial charge in [0.25, 0.3) is 0 Å². The Morgan fingerprint density at radius 3 is 1.30 bits per heavy atom. The number of nitrogens with zero attached hydrogens (tertiary/aromatic N) is 1. The molecule has 0 rings (SSSR count). The number of aliphatic carboxylic acids is 3. The first-order valence-electron chi connectivity index (χ1n) is 16.5. The number of carboxylic acids is 3. The minimum atomic E-state index is -1.03. The minimum absolute atomic E-state index is 0.0425. The Balaban J connectivity index is 4.52. The van der Waals surface area contributed by atoms with Crippen molar-refractivity contribution in [3.63, 3.8) is 0 Å². The molecule has 0 fully saturated rings. The Bertz CT molecular complexity index is 608. The summed E-state index contributed by atoms with van der Waals surface area (Å²) in [6.07, 6.45) is 28.6. The minimum Gasteiger partial charge on any atom is -0.550 e. The van der Waals surface area contributed by atoms with Gasteiger partial charge in [-0.05, 0) is 63.9 Å². The van der Waals surface area contributed by atoms with Gasteiger partial charge in [-0.25, -0.2) is 0 Å². The number of rotatable bonds is 31. The third-order valence-corrected chi connectivity index (χ3v) is 7.87. The van der Waals surface area contributed by atoms with E-state index in [-0.39, 0.29) is 19.3 Å². The van der Waals surface area contributed by atoms with Crippen molar-refractivity contribution in [2.24, 2.45) is 0 Å². The summed E-state index contributed by atoms with van der Waals surface area (Å²) < 4.78 is 0.672. The van der Waals surface area contributed by atoms with Crippen LogP contribution in [0.5, 0.6) is 0 Å². The molecule has 0 heterocycles. The van der Waals surface area contributed by atoms with Crippen molar-refractivity contribution in [2.75, 3.05) is 19.6 Å². The zero-order chi connectivity index (χ0) is 29.7. The number of hydrogen-bond donors (Lipinski definition) is 2. The molecule has 2 N–H and O–H groups in total. The normalized spacial score (nSPS) is 11.8. The fourth-order valence-electron chi connectivity index (χ4n) is 5.42. The van der Waals surface area contributed by atoms with Crippen LogP contribution in [0.2, 0.25) is 0 Å². The molecular formula is C33H61NO6. The predicted octanol–water partition coefficient (Wildman–Crippen LogP) is 7.62. The maximum atomic E-state index is 11.0. The lowest BCUT2D eigenvalue weighted by Gasteiger charge is -2.35. The van der Waals surface area contributed by atoms with Gasteiger partial charge in [0.05, 0.1) is 25.8 Å². The van der Waals surface area contributed by atoms with Crippen molar-refractivity contribution >= 4 is 17.9 Å². The lowest BCUT2D eigenvalue weighted by Crippen LogP contribution is -2.45. The summed E-state index contributed by atoms with van der Waals surface area (Å²) in [4.78, 5) is 32.8. The number of carboxylic acid groups (broad SMARTS) is 3. The van der Waals surface area contributed by atoms with E-state index in [1.54, 1.807) is 0 Å². The second-order valence-electron chi connectivity index (χ2n) is 11.7. The average molecular weight is 568 g/mol. The molecule has 0 aromatic carbocycles. The van der Waals surface area contributed by atoms with Crippen molar-refractivity contribution in [2.45, 2.75) is 161 Å². The molecule has 0 radical (unpaired) electrons. The lowest BCUT2D eigenvalue weighted by molar-refractivity contribution is -0.880. The SMILES string of the molecule is CCCCCCCCCCCCCCCC/C=C/[N+](CCCCC(=O)[O-])(CCCCC(=O)O)CCCCC(=O)O. The maximum Gasteiger partial charge on any atom is 0.303 e. The van der Waals surface area contributed by atoms with E-state index in [0.717, 1.165) is 51.7 Å². The van der Waals surface area contributed by atoms with Crippen LogP contribution in [0.15, 0.2) is 12.3 Å². The molecule has 40 heavy (non-hydrogen) atoms. The summed E-state index contributed by atoms with van der Waals surface area (Å²) in [5.41, 5.74) is 0. The van der Waals surface area contributed by atoms with E-state index >= 15 is 0 Å². The highest BCUT2D eigenvalue weighted by molar-refractivity contribution is 5.66. The van der Waals surface area contributed by atoms with Gasteiger partial charge >= 0.3 is 11.9 Å². The van der Waals surface area contributed by atoms with Gasteiger partial charge in [-0.1, -0.05) is 90.4 Å². The van der Waals surface area contributed by atoms with Crippen LogP contribution < -0.4 is 5.11 Å². The largest absolute Gasteiger partial charge is 0.550 e. The van der Waals surface area contributed by atoms with E-state index in [1.807, 2.05) is 0 Å². The summed E-state index contributed by atoms with van der Waals surface area (Å²) in [7, 11) is 0. The Hall–Kier alpha value is -1.89. The lowest BCUT2D eigenvalue weighted by atomic mass is 10.0. The number of unbranched alkanes of at least 4 members (excludes halogenated alkanes) is 17. The Morgan fingerprint density at radius 1 is 0.550 bits per heavy atom. The fourth-order valence-corrected chi connectivity index (χ4v) is 5.42. The quantitative estimate of drug-likeness (QED) is 0.0658. The molecule has 0 saturated heterocycles. The van der Waals surface area contributed by atoms with E-state index in [1.165, 1.54) is 83.5 Å². The third kappa shape index (κ3) is 26.3. The van der Waals surface area contributed by atoms with Crippen molar-refractivity contribution in [1.82, 2.24) is 0 Å². The first-order valence-corrected chi connectivity index (χ1v) is 16.5. The molecule has 0 atom stereocenters. The van der Waals surface area contributed by atoms with Crippen molar-refractivity contribution in [1.29, 1.82) is 0 Å². The molecule has 0 aliphatic carbocycles. The van der Waals surface area contributed by atoms with Crippen LogP contribution in [0.3, 0.4) is 0 Å². The summed E-state index contributed by atoms with van der Waals surface area (Å²) >= 11 is 0. The highest BCUT2D eigenvalue weighted by atomic mass is 16.4. The second-order valence-corrected chi connectivity index (χ2v) is 11.7. The summed E-state index contributed by atoms with van der Waals surface area (Å²) in [5.74, 6) is -2.61. The van der Waals surface area contributed by atoms with Crippen LogP contribution in [0.25, 0.3) is 0 Å². The van der Waals surface area contributed by atoms with E-state index < -0.39 is 17.9 Å². The van der Waals surface area contributed by atoms with Crippen molar-refractivity contribution in [3.8, 4) is 0 Å². The van der Waals surface area contributed by atoms with Gasteiger partial charge in [0, 0.05) is 18.8 Å². The number of carbonyl (C=O) groups is 3. The summed E-state index contributed by atoms with van der Waals surface area (Å²) in [6, 6.07) is 0. The van der Waals surface area contributed by atoms with Gasteiger partial charge in [-0.3, -0.25) is 14.1 Å². The van der Waals surface area contributed by atoms with E-state index in [0.29, 0.717) is 23.7 Å². The molecule has 0 unspecified atom stereocenters. The van der Waals surface area contributed by atoms with Gasteiger partial charge in [-0.2, -0.15) is 0 Å². The highest BCUT2D eigenvalue weighted by Gasteiger charge is 2.24. The van der Waals surface area contributed by atoms with Gasteiger partial charge < -0.3 is 20.1 Å². The van der Waals surface area contributed by atoms with E-state index in [4.69, 9.17) is 10.2 Å². The zero-order valence-electron chi connectivity index (χ0n) is 25.7. The summed E-state index contributed by atoms with van der Waals surface area (Å²) in [6.45, 7) is 4.63. The molecule has 0 aliphatic rings.